The van der Waals surface area contributed by atoms with E-state index in [0.717, 1.165) is 29.7 Å². The second kappa shape index (κ2) is 9.67. The predicted molar refractivity (Wildman–Crippen MR) is 143 cm³/mol. The van der Waals surface area contributed by atoms with Crippen LogP contribution in [0.2, 0.25) is 5.02 Å². The van der Waals surface area contributed by atoms with Crippen LogP contribution < -0.4 is 10.2 Å². The Morgan fingerprint density at radius 2 is 1.49 bits per heavy atom. The van der Waals surface area contributed by atoms with Gasteiger partial charge in [-0.2, -0.15) is 0 Å². The Morgan fingerprint density at radius 3 is 2.16 bits per heavy atom. The molecule has 1 saturated heterocycles. The minimum Gasteiger partial charge on any atom is -0.371 e. The third-order valence-electron chi connectivity index (χ3n) is 7.67. The number of amides is 3. The van der Waals surface area contributed by atoms with Gasteiger partial charge in [-0.25, -0.2) is 0 Å². The second-order valence-corrected chi connectivity index (χ2v) is 10.5. The molecule has 2 heterocycles. The van der Waals surface area contributed by atoms with Crippen molar-refractivity contribution in [2.75, 3.05) is 18.0 Å². The Morgan fingerprint density at radius 1 is 0.811 bits per heavy atom. The van der Waals surface area contributed by atoms with Crippen molar-refractivity contribution >= 4 is 35.0 Å². The zero-order valence-corrected chi connectivity index (χ0v) is 21.2. The summed E-state index contributed by atoms with van der Waals surface area (Å²) in [5.74, 6) is -0.459. The van der Waals surface area contributed by atoms with Gasteiger partial charge in [-0.05, 0) is 61.1 Å². The highest BCUT2D eigenvalue weighted by Crippen LogP contribution is 2.39. The molecular weight excluding hydrogens is 486 g/mol. The zero-order chi connectivity index (χ0) is 25.5. The molecule has 7 heteroatoms. The molecule has 0 radical (unpaired) electrons. The molecule has 1 saturated carbocycles. The van der Waals surface area contributed by atoms with Crippen LogP contribution in [0, 0.1) is 5.92 Å². The van der Waals surface area contributed by atoms with Gasteiger partial charge in [0.05, 0.1) is 22.9 Å². The minimum atomic E-state index is -0.265. The van der Waals surface area contributed by atoms with E-state index in [1.165, 1.54) is 4.90 Å². The number of nitrogens with zero attached hydrogens (tertiary/aromatic N) is 2. The normalized spacial score (nSPS) is 18.6. The van der Waals surface area contributed by atoms with Gasteiger partial charge in [0, 0.05) is 30.1 Å². The van der Waals surface area contributed by atoms with Gasteiger partial charge in [0.15, 0.2) is 0 Å². The first-order valence-corrected chi connectivity index (χ1v) is 13.3. The van der Waals surface area contributed by atoms with E-state index in [0.29, 0.717) is 42.1 Å². The van der Waals surface area contributed by atoms with Crippen molar-refractivity contribution in [3.63, 3.8) is 0 Å². The number of fused-ring (bicyclic) bond motifs is 1. The SMILES string of the molecule is O=C(N[C@@H](c1ccccc1)c1ccc(Cl)cc1)C1CCN(c2cccc3c2C(=O)N(C2CC2)C3=O)CC1. The molecule has 0 aromatic heterocycles. The van der Waals surface area contributed by atoms with Crippen molar-refractivity contribution in [3.05, 3.63) is 100 Å². The summed E-state index contributed by atoms with van der Waals surface area (Å²) in [6, 6.07) is 22.8. The molecule has 1 aliphatic carbocycles. The molecule has 6 rings (SSSR count). The summed E-state index contributed by atoms with van der Waals surface area (Å²) in [7, 11) is 0. The molecule has 1 N–H and O–H groups in total. The molecule has 2 fully saturated rings. The highest BCUT2D eigenvalue weighted by molar-refractivity contribution is 6.30. The van der Waals surface area contributed by atoms with Crippen molar-refractivity contribution in [2.45, 2.75) is 37.8 Å². The summed E-state index contributed by atoms with van der Waals surface area (Å²) < 4.78 is 0. The number of hydrogen-bond donors (Lipinski definition) is 1. The van der Waals surface area contributed by atoms with Gasteiger partial charge in [-0.3, -0.25) is 19.3 Å². The van der Waals surface area contributed by atoms with Crippen molar-refractivity contribution in [2.24, 2.45) is 5.92 Å². The van der Waals surface area contributed by atoms with Crippen LogP contribution in [0.15, 0.2) is 72.8 Å². The number of benzene rings is 3. The molecule has 1 atom stereocenters. The fourth-order valence-electron chi connectivity index (χ4n) is 5.52. The van der Waals surface area contributed by atoms with Gasteiger partial charge >= 0.3 is 0 Å². The van der Waals surface area contributed by atoms with Crippen molar-refractivity contribution in [1.29, 1.82) is 0 Å². The van der Waals surface area contributed by atoms with Crippen LogP contribution in [0.4, 0.5) is 5.69 Å². The number of carbonyl (C=O) groups excluding carboxylic acids is 3. The van der Waals surface area contributed by atoms with Crippen LogP contribution in [0.5, 0.6) is 0 Å². The molecule has 3 aliphatic rings. The quantitative estimate of drug-likeness (QED) is 0.459. The largest absolute Gasteiger partial charge is 0.371 e. The topological polar surface area (TPSA) is 69.7 Å². The van der Waals surface area contributed by atoms with Gasteiger partial charge in [-0.15, -0.1) is 0 Å². The lowest BCUT2D eigenvalue weighted by atomic mass is 9.92. The third kappa shape index (κ3) is 4.51. The lowest BCUT2D eigenvalue weighted by molar-refractivity contribution is -0.126. The fourth-order valence-corrected chi connectivity index (χ4v) is 5.64. The van der Waals surface area contributed by atoms with E-state index in [1.54, 1.807) is 6.07 Å². The molecular formula is C30H28ClN3O3. The molecule has 0 unspecified atom stereocenters. The molecule has 3 aromatic carbocycles. The molecule has 2 aliphatic heterocycles. The summed E-state index contributed by atoms with van der Waals surface area (Å²) >= 11 is 6.10. The number of nitrogens with one attached hydrogen (secondary N) is 1. The van der Waals surface area contributed by atoms with Gasteiger partial charge < -0.3 is 10.2 Å². The molecule has 37 heavy (non-hydrogen) atoms. The Kier molecular flexibility index (Phi) is 6.21. The summed E-state index contributed by atoms with van der Waals surface area (Å²) in [6.45, 7) is 1.30. The van der Waals surface area contributed by atoms with Gasteiger partial charge in [0.25, 0.3) is 11.8 Å². The number of carbonyl (C=O) groups is 3. The lowest BCUT2D eigenvalue weighted by Gasteiger charge is -2.34. The molecule has 0 bridgehead atoms. The number of piperidine rings is 1. The summed E-state index contributed by atoms with van der Waals surface area (Å²) in [5.41, 5.74) is 3.82. The molecule has 188 valence electrons. The van der Waals surface area contributed by atoms with E-state index < -0.39 is 0 Å². The van der Waals surface area contributed by atoms with E-state index >= 15 is 0 Å². The average molecular weight is 514 g/mol. The molecule has 3 aromatic rings. The summed E-state index contributed by atoms with van der Waals surface area (Å²) in [5, 5.41) is 3.92. The van der Waals surface area contributed by atoms with E-state index in [2.05, 4.69) is 10.2 Å². The van der Waals surface area contributed by atoms with E-state index in [9.17, 15) is 14.4 Å². The third-order valence-corrected chi connectivity index (χ3v) is 7.92. The molecule has 3 amide bonds. The van der Waals surface area contributed by atoms with E-state index in [1.807, 2.05) is 66.7 Å². The summed E-state index contributed by atoms with van der Waals surface area (Å²) in [6.07, 6.45) is 3.13. The highest BCUT2D eigenvalue weighted by atomic mass is 35.5. The predicted octanol–water partition coefficient (Wildman–Crippen LogP) is 5.22. The Labute approximate surface area is 221 Å². The van der Waals surface area contributed by atoms with E-state index in [4.69, 9.17) is 11.6 Å². The summed E-state index contributed by atoms with van der Waals surface area (Å²) in [4.78, 5) is 43.0. The highest BCUT2D eigenvalue weighted by Gasteiger charge is 2.46. The van der Waals surface area contributed by atoms with Crippen LogP contribution in [-0.2, 0) is 4.79 Å². The Balaban J connectivity index is 1.16. The van der Waals surface area contributed by atoms with Crippen LogP contribution in [0.25, 0.3) is 0 Å². The molecule has 0 spiro atoms. The average Bonchev–Trinajstić information content (AvgIpc) is 3.73. The van der Waals surface area contributed by atoms with Gasteiger partial charge in [-0.1, -0.05) is 60.1 Å². The number of imide groups is 1. The lowest BCUT2D eigenvalue weighted by Crippen LogP contribution is -2.42. The monoisotopic (exact) mass is 513 g/mol. The maximum absolute atomic E-state index is 13.4. The zero-order valence-electron chi connectivity index (χ0n) is 20.4. The second-order valence-electron chi connectivity index (χ2n) is 10.1. The number of anilines is 1. The smallest absolute Gasteiger partial charge is 0.263 e. The van der Waals surface area contributed by atoms with Crippen LogP contribution in [0.3, 0.4) is 0 Å². The van der Waals surface area contributed by atoms with Crippen LogP contribution >= 0.6 is 11.6 Å². The minimum absolute atomic E-state index is 0.0212. The van der Waals surface area contributed by atoms with Gasteiger partial charge in [0.1, 0.15) is 0 Å². The fraction of sp³-hybridized carbons (Fsp3) is 0.300. The van der Waals surface area contributed by atoms with Crippen LogP contribution in [-0.4, -0.2) is 41.8 Å². The van der Waals surface area contributed by atoms with E-state index in [-0.39, 0.29) is 35.7 Å². The first-order valence-electron chi connectivity index (χ1n) is 12.9. The first kappa shape index (κ1) is 23.7. The Hall–Kier alpha value is -3.64. The standard InChI is InChI=1S/C30H28ClN3O3/c31-22-11-9-20(10-12-22)27(19-5-2-1-3-6-19)32-28(35)21-15-17-33(18-16-21)25-8-4-7-24-26(25)30(37)34(29(24)36)23-13-14-23/h1-12,21,23,27H,13-18H2,(H,32,35)/t27-/m0/s1. The Bertz CT molecular complexity index is 1350. The number of rotatable bonds is 6. The number of halogens is 1. The molecule has 6 nitrogen and oxygen atoms in total. The van der Waals surface area contributed by atoms with Crippen molar-refractivity contribution in [1.82, 2.24) is 10.2 Å². The number of hydrogen-bond acceptors (Lipinski definition) is 4. The van der Waals surface area contributed by atoms with Crippen LogP contribution in [0.1, 0.15) is 63.6 Å². The maximum atomic E-state index is 13.4. The van der Waals surface area contributed by atoms with Crippen molar-refractivity contribution < 1.29 is 14.4 Å². The maximum Gasteiger partial charge on any atom is 0.263 e. The van der Waals surface area contributed by atoms with Gasteiger partial charge in [0.2, 0.25) is 5.91 Å². The van der Waals surface area contributed by atoms with Crippen molar-refractivity contribution in [3.8, 4) is 0 Å². The first-order chi connectivity index (χ1) is 18.0.